The van der Waals surface area contributed by atoms with E-state index in [1.807, 2.05) is 74.2 Å². The Morgan fingerprint density at radius 3 is 2.52 bits per heavy atom. The van der Waals surface area contributed by atoms with Gasteiger partial charge in [-0.15, -0.1) is 0 Å². The molecule has 1 N–H and O–H groups in total. The summed E-state index contributed by atoms with van der Waals surface area (Å²) in [5.74, 6) is 0. The van der Waals surface area contributed by atoms with E-state index in [0.29, 0.717) is 13.1 Å². The summed E-state index contributed by atoms with van der Waals surface area (Å²) in [6.45, 7) is 4.91. The van der Waals surface area contributed by atoms with E-state index < -0.39 is 5.60 Å². The first kappa shape index (κ1) is 17.3. The number of rotatable bonds is 6. The summed E-state index contributed by atoms with van der Waals surface area (Å²) in [4.78, 5) is 6.32. The van der Waals surface area contributed by atoms with Crippen molar-refractivity contribution in [3.05, 3.63) is 66.6 Å². The zero-order valence-corrected chi connectivity index (χ0v) is 14.9. The standard InChI is InChI=1S/C20H24N4O/c1-20(2,25)15-23(3)13-17-14-24(18-9-5-4-6-10-18)22-19(17)16-8-7-11-21-12-16/h4-12,14,25H,13,15H2,1-3H3. The number of pyridine rings is 1. The number of para-hydroxylation sites is 1. The number of benzene rings is 1. The van der Waals surface area contributed by atoms with Crippen molar-refractivity contribution in [3.8, 4) is 16.9 Å². The number of nitrogens with zero attached hydrogens (tertiary/aromatic N) is 4. The summed E-state index contributed by atoms with van der Waals surface area (Å²) in [6, 6.07) is 14.0. The maximum Gasteiger partial charge on any atom is 0.0988 e. The minimum atomic E-state index is -0.737. The van der Waals surface area contributed by atoms with E-state index in [-0.39, 0.29) is 0 Å². The second-order valence-electron chi connectivity index (χ2n) is 7.01. The van der Waals surface area contributed by atoms with Crippen LogP contribution in [-0.2, 0) is 6.54 Å². The maximum absolute atomic E-state index is 10.1. The van der Waals surface area contributed by atoms with E-state index in [2.05, 4.69) is 16.1 Å². The highest BCUT2D eigenvalue weighted by Crippen LogP contribution is 2.24. The third kappa shape index (κ3) is 4.53. The molecule has 0 bridgehead atoms. The molecule has 0 aliphatic carbocycles. The quantitative estimate of drug-likeness (QED) is 0.751. The van der Waals surface area contributed by atoms with Crippen LogP contribution in [0.25, 0.3) is 16.9 Å². The van der Waals surface area contributed by atoms with Crippen molar-refractivity contribution in [3.63, 3.8) is 0 Å². The van der Waals surface area contributed by atoms with Gasteiger partial charge in [-0.3, -0.25) is 9.88 Å². The highest BCUT2D eigenvalue weighted by molar-refractivity contribution is 5.62. The molecule has 2 heterocycles. The minimum Gasteiger partial charge on any atom is -0.389 e. The van der Waals surface area contributed by atoms with Gasteiger partial charge in [0.25, 0.3) is 0 Å². The second-order valence-corrected chi connectivity index (χ2v) is 7.01. The van der Waals surface area contributed by atoms with Crippen molar-refractivity contribution in [2.24, 2.45) is 0 Å². The van der Waals surface area contributed by atoms with Crippen molar-refractivity contribution in [2.75, 3.05) is 13.6 Å². The van der Waals surface area contributed by atoms with Crippen molar-refractivity contribution >= 4 is 0 Å². The lowest BCUT2D eigenvalue weighted by Gasteiger charge is -2.25. The topological polar surface area (TPSA) is 54.2 Å². The van der Waals surface area contributed by atoms with Gasteiger partial charge in [0.1, 0.15) is 0 Å². The average Bonchev–Trinajstić information content (AvgIpc) is 2.98. The van der Waals surface area contributed by atoms with Gasteiger partial charge in [-0.2, -0.15) is 5.10 Å². The Balaban J connectivity index is 1.96. The molecule has 5 heteroatoms. The Morgan fingerprint density at radius 2 is 1.88 bits per heavy atom. The highest BCUT2D eigenvalue weighted by atomic mass is 16.3. The largest absolute Gasteiger partial charge is 0.389 e. The summed E-state index contributed by atoms with van der Waals surface area (Å²) in [6.07, 6.45) is 5.65. The Labute approximate surface area is 148 Å². The predicted molar refractivity (Wildman–Crippen MR) is 99.4 cm³/mol. The number of likely N-dealkylation sites (N-methyl/N-ethyl adjacent to an activating group) is 1. The molecule has 3 rings (SSSR count). The number of aromatic nitrogens is 3. The lowest BCUT2D eigenvalue weighted by molar-refractivity contribution is 0.0425. The summed E-state index contributed by atoms with van der Waals surface area (Å²) in [7, 11) is 2.00. The van der Waals surface area contributed by atoms with E-state index in [1.165, 1.54) is 0 Å². The van der Waals surface area contributed by atoms with Gasteiger partial charge in [-0.1, -0.05) is 18.2 Å². The molecule has 0 spiro atoms. The third-order valence-electron chi connectivity index (χ3n) is 3.84. The van der Waals surface area contributed by atoms with Gasteiger partial charge in [0.05, 0.1) is 17.0 Å². The van der Waals surface area contributed by atoms with Crippen LogP contribution in [0, 0.1) is 0 Å². The van der Waals surface area contributed by atoms with Crippen molar-refractivity contribution in [2.45, 2.75) is 26.0 Å². The van der Waals surface area contributed by atoms with E-state index in [1.54, 1.807) is 6.20 Å². The van der Waals surface area contributed by atoms with Crippen LogP contribution in [0.5, 0.6) is 0 Å². The van der Waals surface area contributed by atoms with Gasteiger partial charge in [0.15, 0.2) is 0 Å². The molecule has 0 aliphatic rings. The van der Waals surface area contributed by atoms with Crippen LogP contribution in [0.3, 0.4) is 0 Å². The molecule has 3 aromatic rings. The maximum atomic E-state index is 10.1. The second kappa shape index (κ2) is 7.17. The predicted octanol–water partition coefficient (Wildman–Crippen LogP) is 3.14. The van der Waals surface area contributed by atoms with Gasteiger partial charge in [0.2, 0.25) is 0 Å². The molecular formula is C20H24N4O. The molecule has 0 amide bonds. The van der Waals surface area contributed by atoms with Crippen LogP contribution in [0.2, 0.25) is 0 Å². The van der Waals surface area contributed by atoms with Gasteiger partial charge in [-0.05, 0) is 45.2 Å². The first-order valence-electron chi connectivity index (χ1n) is 8.38. The Hall–Kier alpha value is -2.50. The Kier molecular flexibility index (Phi) is 4.97. The lowest BCUT2D eigenvalue weighted by atomic mass is 10.1. The van der Waals surface area contributed by atoms with Crippen molar-refractivity contribution in [1.82, 2.24) is 19.7 Å². The monoisotopic (exact) mass is 336 g/mol. The van der Waals surface area contributed by atoms with Crippen LogP contribution < -0.4 is 0 Å². The lowest BCUT2D eigenvalue weighted by Crippen LogP contribution is -2.35. The fraction of sp³-hybridized carbons (Fsp3) is 0.300. The van der Waals surface area contributed by atoms with E-state index in [4.69, 9.17) is 5.10 Å². The van der Waals surface area contributed by atoms with E-state index in [9.17, 15) is 5.11 Å². The summed E-state index contributed by atoms with van der Waals surface area (Å²) in [5, 5.41) is 14.9. The molecule has 0 saturated heterocycles. The van der Waals surface area contributed by atoms with Crippen LogP contribution in [0.1, 0.15) is 19.4 Å². The molecule has 0 radical (unpaired) electrons. The third-order valence-corrected chi connectivity index (χ3v) is 3.84. The highest BCUT2D eigenvalue weighted by Gasteiger charge is 2.19. The molecule has 25 heavy (non-hydrogen) atoms. The van der Waals surface area contributed by atoms with Crippen LogP contribution in [-0.4, -0.2) is 44.0 Å². The molecule has 130 valence electrons. The molecule has 0 fully saturated rings. The minimum absolute atomic E-state index is 0.579. The number of hydrogen-bond acceptors (Lipinski definition) is 4. The summed E-state index contributed by atoms with van der Waals surface area (Å²) >= 11 is 0. The van der Waals surface area contributed by atoms with Gasteiger partial charge in [-0.25, -0.2) is 4.68 Å². The first-order valence-corrected chi connectivity index (χ1v) is 8.38. The first-order chi connectivity index (χ1) is 11.9. The summed E-state index contributed by atoms with van der Waals surface area (Å²) in [5.41, 5.74) is 3.29. The molecular weight excluding hydrogens is 312 g/mol. The molecule has 0 saturated carbocycles. The van der Waals surface area contributed by atoms with Crippen LogP contribution >= 0.6 is 0 Å². The normalized spacial score (nSPS) is 11.9. The number of hydrogen-bond donors (Lipinski definition) is 1. The number of aliphatic hydroxyl groups is 1. The van der Waals surface area contributed by atoms with Crippen LogP contribution in [0.4, 0.5) is 0 Å². The van der Waals surface area contributed by atoms with E-state index in [0.717, 1.165) is 22.5 Å². The molecule has 0 atom stereocenters. The average molecular weight is 336 g/mol. The molecule has 0 aliphatic heterocycles. The van der Waals surface area contributed by atoms with E-state index >= 15 is 0 Å². The van der Waals surface area contributed by atoms with Crippen LogP contribution in [0.15, 0.2) is 61.1 Å². The van der Waals surface area contributed by atoms with Crippen molar-refractivity contribution < 1.29 is 5.11 Å². The summed E-state index contributed by atoms with van der Waals surface area (Å²) < 4.78 is 1.90. The Bertz CT molecular complexity index is 807. The molecule has 1 aromatic carbocycles. The fourth-order valence-electron chi connectivity index (χ4n) is 2.99. The van der Waals surface area contributed by atoms with Gasteiger partial charge >= 0.3 is 0 Å². The molecule has 5 nitrogen and oxygen atoms in total. The zero-order chi connectivity index (χ0) is 17.9. The molecule has 0 unspecified atom stereocenters. The Morgan fingerprint density at radius 1 is 1.12 bits per heavy atom. The van der Waals surface area contributed by atoms with Gasteiger partial charge in [0, 0.05) is 42.8 Å². The molecule has 2 aromatic heterocycles. The van der Waals surface area contributed by atoms with Gasteiger partial charge < -0.3 is 5.11 Å². The SMILES string of the molecule is CN(Cc1cn(-c2ccccc2)nc1-c1cccnc1)CC(C)(C)O. The smallest absolute Gasteiger partial charge is 0.0988 e. The fourth-order valence-corrected chi connectivity index (χ4v) is 2.99. The van der Waals surface area contributed by atoms with Crippen molar-refractivity contribution in [1.29, 1.82) is 0 Å². The zero-order valence-electron chi connectivity index (χ0n) is 14.9.